The minimum Gasteiger partial charge on any atom is -0.382 e. The van der Waals surface area contributed by atoms with Crippen LogP contribution in [0.2, 0.25) is 5.02 Å². The highest BCUT2D eigenvalue weighted by molar-refractivity contribution is 7.89. The molecule has 0 spiro atoms. The first kappa shape index (κ1) is 23.1. The van der Waals surface area contributed by atoms with E-state index < -0.39 is 21.5 Å². The molecule has 12 heteroatoms. The number of nitrogens with zero attached hydrogens (tertiary/aromatic N) is 4. The van der Waals surface area contributed by atoms with E-state index in [0.717, 1.165) is 25.5 Å². The summed E-state index contributed by atoms with van der Waals surface area (Å²) < 4.78 is 46.8. The fourth-order valence-corrected chi connectivity index (χ4v) is 5.65. The van der Waals surface area contributed by atoms with E-state index in [4.69, 9.17) is 16.3 Å². The van der Waals surface area contributed by atoms with Gasteiger partial charge in [0.05, 0.1) is 24.5 Å². The molecule has 174 valence electrons. The topological polar surface area (TPSA) is 106 Å². The molecule has 2 aromatic rings. The number of piperidine rings is 1. The SMILES string of the molecule is O=c1c(Cl)c(NC[C@H]2CCCOC2)cnn1C1CCN(S(=O)(=O)c2cccc(F)n2)CC1. The van der Waals surface area contributed by atoms with Crippen molar-refractivity contribution in [3.8, 4) is 0 Å². The highest BCUT2D eigenvalue weighted by Gasteiger charge is 2.32. The van der Waals surface area contributed by atoms with Crippen LogP contribution in [-0.2, 0) is 14.8 Å². The Balaban J connectivity index is 1.41. The zero-order chi connectivity index (χ0) is 22.7. The Morgan fingerprint density at radius 3 is 2.72 bits per heavy atom. The summed E-state index contributed by atoms with van der Waals surface area (Å²) in [5.41, 5.74) is 0.0698. The van der Waals surface area contributed by atoms with E-state index in [1.54, 1.807) is 0 Å². The molecule has 2 aliphatic rings. The molecule has 1 atom stereocenters. The molecule has 0 aliphatic carbocycles. The predicted octanol–water partition coefficient (Wildman–Crippen LogP) is 2.30. The molecule has 32 heavy (non-hydrogen) atoms. The second-order valence-electron chi connectivity index (χ2n) is 8.02. The zero-order valence-corrected chi connectivity index (χ0v) is 19.0. The minimum atomic E-state index is -3.91. The maximum atomic E-state index is 13.4. The molecule has 2 aliphatic heterocycles. The van der Waals surface area contributed by atoms with Crippen molar-refractivity contribution in [2.24, 2.45) is 5.92 Å². The fourth-order valence-electron chi connectivity index (χ4n) is 4.04. The van der Waals surface area contributed by atoms with Gasteiger partial charge in [0.15, 0.2) is 5.03 Å². The first-order valence-corrected chi connectivity index (χ1v) is 12.4. The second-order valence-corrected chi connectivity index (χ2v) is 10.3. The summed E-state index contributed by atoms with van der Waals surface area (Å²) in [6.07, 6.45) is 4.37. The molecule has 0 amide bonds. The lowest BCUT2D eigenvalue weighted by atomic mass is 10.0. The van der Waals surface area contributed by atoms with Crippen LogP contribution in [0, 0.1) is 11.9 Å². The number of halogens is 2. The average Bonchev–Trinajstić information content (AvgIpc) is 2.81. The summed E-state index contributed by atoms with van der Waals surface area (Å²) in [5, 5.41) is 7.21. The van der Waals surface area contributed by atoms with Gasteiger partial charge in [-0.15, -0.1) is 0 Å². The van der Waals surface area contributed by atoms with Gasteiger partial charge >= 0.3 is 0 Å². The van der Waals surface area contributed by atoms with Crippen LogP contribution < -0.4 is 10.9 Å². The standard InChI is InChI=1S/C20H25ClFN5O4S/c21-19-16(23-11-14-3-2-10-31-13-14)12-24-27(20(19)28)15-6-8-26(9-7-15)32(29,30)18-5-1-4-17(22)25-18/h1,4-5,12,14-15,23H,2-3,6-11,13H2/t14-/m1/s1. The molecule has 0 saturated carbocycles. The highest BCUT2D eigenvalue weighted by atomic mass is 35.5. The van der Waals surface area contributed by atoms with Crippen LogP contribution in [0.25, 0.3) is 0 Å². The average molecular weight is 486 g/mol. The number of anilines is 1. The summed E-state index contributed by atoms with van der Waals surface area (Å²) in [5.74, 6) is -0.489. The Bertz CT molecular complexity index is 1120. The molecule has 1 N–H and O–H groups in total. The van der Waals surface area contributed by atoms with Gasteiger partial charge in [-0.3, -0.25) is 4.79 Å². The molecule has 2 saturated heterocycles. The van der Waals surface area contributed by atoms with E-state index >= 15 is 0 Å². The quantitative estimate of drug-likeness (QED) is 0.625. The summed E-state index contributed by atoms with van der Waals surface area (Å²) >= 11 is 6.31. The van der Waals surface area contributed by atoms with Crippen molar-refractivity contribution >= 4 is 27.3 Å². The number of ether oxygens (including phenoxy) is 1. The summed E-state index contributed by atoms with van der Waals surface area (Å²) in [4.78, 5) is 16.3. The Morgan fingerprint density at radius 2 is 2.03 bits per heavy atom. The van der Waals surface area contributed by atoms with Crippen LogP contribution in [-0.4, -0.2) is 60.3 Å². The van der Waals surface area contributed by atoms with Crippen LogP contribution in [0.3, 0.4) is 0 Å². The lowest BCUT2D eigenvalue weighted by molar-refractivity contribution is 0.0595. The van der Waals surface area contributed by atoms with Crippen molar-refractivity contribution < 1.29 is 17.5 Å². The lowest BCUT2D eigenvalue weighted by Gasteiger charge is -2.31. The van der Waals surface area contributed by atoms with Gasteiger partial charge in [-0.25, -0.2) is 18.1 Å². The van der Waals surface area contributed by atoms with Gasteiger partial charge in [-0.1, -0.05) is 17.7 Å². The normalized spacial score (nSPS) is 20.9. The maximum absolute atomic E-state index is 13.4. The Morgan fingerprint density at radius 1 is 1.25 bits per heavy atom. The van der Waals surface area contributed by atoms with Crippen LogP contribution >= 0.6 is 11.6 Å². The molecular weight excluding hydrogens is 461 g/mol. The third-order valence-electron chi connectivity index (χ3n) is 5.84. The Kier molecular flexibility index (Phi) is 7.08. The van der Waals surface area contributed by atoms with Gasteiger partial charge in [0, 0.05) is 26.2 Å². The van der Waals surface area contributed by atoms with Crippen molar-refractivity contribution in [1.29, 1.82) is 0 Å². The largest absolute Gasteiger partial charge is 0.382 e. The van der Waals surface area contributed by atoms with E-state index in [9.17, 15) is 17.6 Å². The molecule has 2 aromatic heterocycles. The van der Waals surface area contributed by atoms with Gasteiger partial charge in [0.2, 0.25) is 5.95 Å². The van der Waals surface area contributed by atoms with E-state index in [-0.39, 0.29) is 29.2 Å². The van der Waals surface area contributed by atoms with Crippen LogP contribution in [0.4, 0.5) is 10.1 Å². The summed E-state index contributed by atoms with van der Waals surface area (Å²) in [6, 6.07) is 3.38. The van der Waals surface area contributed by atoms with Crippen molar-refractivity contribution in [3.05, 3.63) is 45.7 Å². The molecule has 0 unspecified atom stereocenters. The van der Waals surface area contributed by atoms with E-state index in [2.05, 4.69) is 15.4 Å². The third kappa shape index (κ3) is 4.95. The molecule has 0 aromatic carbocycles. The molecule has 9 nitrogen and oxygen atoms in total. The number of hydrogen-bond acceptors (Lipinski definition) is 7. The van der Waals surface area contributed by atoms with E-state index in [1.807, 2.05) is 0 Å². The second kappa shape index (κ2) is 9.82. The third-order valence-corrected chi connectivity index (χ3v) is 8.01. The molecule has 4 rings (SSSR count). The first-order valence-electron chi connectivity index (χ1n) is 10.6. The van der Waals surface area contributed by atoms with Gasteiger partial charge in [0.1, 0.15) is 5.02 Å². The smallest absolute Gasteiger partial charge is 0.287 e. The maximum Gasteiger partial charge on any atom is 0.287 e. The number of hydrogen-bond donors (Lipinski definition) is 1. The van der Waals surface area contributed by atoms with Crippen molar-refractivity contribution in [2.75, 3.05) is 38.2 Å². The van der Waals surface area contributed by atoms with Crippen LogP contribution in [0.15, 0.2) is 34.2 Å². The molecule has 2 fully saturated rings. The van der Waals surface area contributed by atoms with Crippen LogP contribution in [0.5, 0.6) is 0 Å². The summed E-state index contributed by atoms with van der Waals surface area (Å²) in [7, 11) is -3.91. The highest BCUT2D eigenvalue weighted by Crippen LogP contribution is 2.26. The fraction of sp³-hybridized carbons (Fsp3) is 0.550. The minimum absolute atomic E-state index is 0.0655. The first-order chi connectivity index (χ1) is 15.4. The number of aromatic nitrogens is 3. The zero-order valence-electron chi connectivity index (χ0n) is 17.4. The lowest BCUT2D eigenvalue weighted by Crippen LogP contribution is -2.41. The molecule has 0 radical (unpaired) electrons. The molecular formula is C20H25ClFN5O4S. The number of pyridine rings is 1. The molecule has 4 heterocycles. The summed E-state index contributed by atoms with van der Waals surface area (Å²) in [6.45, 7) is 2.45. The Labute approximate surface area is 190 Å². The van der Waals surface area contributed by atoms with E-state index in [1.165, 1.54) is 27.3 Å². The van der Waals surface area contributed by atoms with Gasteiger partial charge in [-0.2, -0.15) is 13.8 Å². The monoisotopic (exact) mass is 485 g/mol. The van der Waals surface area contributed by atoms with Crippen molar-refractivity contribution in [2.45, 2.75) is 36.8 Å². The van der Waals surface area contributed by atoms with Gasteiger partial charge < -0.3 is 10.1 Å². The van der Waals surface area contributed by atoms with Crippen molar-refractivity contribution in [3.63, 3.8) is 0 Å². The predicted molar refractivity (Wildman–Crippen MR) is 117 cm³/mol. The van der Waals surface area contributed by atoms with Gasteiger partial charge in [0.25, 0.3) is 15.6 Å². The van der Waals surface area contributed by atoms with Crippen molar-refractivity contribution in [1.82, 2.24) is 19.1 Å². The van der Waals surface area contributed by atoms with E-state index in [0.29, 0.717) is 37.6 Å². The number of sulfonamides is 1. The Hall–Kier alpha value is -2.08. The molecule has 0 bridgehead atoms. The van der Waals surface area contributed by atoms with Gasteiger partial charge in [-0.05, 0) is 43.7 Å². The number of rotatable bonds is 6. The van der Waals surface area contributed by atoms with Crippen LogP contribution in [0.1, 0.15) is 31.7 Å². The number of nitrogens with one attached hydrogen (secondary N) is 1.